The van der Waals surface area contributed by atoms with E-state index in [1.165, 1.54) is 87.6 Å². The molecule has 0 radical (unpaired) electrons. The number of hydrogen-bond donors (Lipinski definition) is 0. The van der Waals surface area contributed by atoms with Crippen molar-refractivity contribution in [2.24, 2.45) is 0 Å². The molecule has 0 bridgehead atoms. The van der Waals surface area contributed by atoms with Crippen molar-refractivity contribution >= 4 is 97.7 Å². The Bertz CT molecular complexity index is 3980. The first-order valence-electron chi connectivity index (χ1n) is 22.8. The minimum atomic E-state index is 0.861. The van der Waals surface area contributed by atoms with Gasteiger partial charge in [-0.15, -0.1) is 0 Å². The van der Waals surface area contributed by atoms with E-state index in [1.807, 2.05) is 0 Å². The molecule has 2 aromatic heterocycles. The van der Waals surface area contributed by atoms with E-state index in [4.69, 9.17) is 8.83 Å². The second-order valence-electron chi connectivity index (χ2n) is 18.0. The van der Waals surface area contributed by atoms with E-state index in [2.05, 4.69) is 220 Å². The second-order valence-corrected chi connectivity index (χ2v) is 18.0. The molecule has 308 valence electrons. The average molecular weight is 841 g/mol. The molecule has 0 aliphatic carbocycles. The topological polar surface area (TPSA) is 26.3 Å². The number of rotatable bonds is 4. The first kappa shape index (κ1) is 37.0. The summed E-state index contributed by atoms with van der Waals surface area (Å²) < 4.78 is 14.4. The summed E-state index contributed by atoms with van der Waals surface area (Å²) in [6.45, 7) is 4.35. The summed E-state index contributed by atoms with van der Waals surface area (Å²) in [6.07, 6.45) is 0. The lowest BCUT2D eigenvalue weighted by Gasteiger charge is -2.20. The molecule has 0 fully saturated rings. The van der Waals surface area contributed by atoms with Crippen LogP contribution in [-0.4, -0.2) is 0 Å². The summed E-state index contributed by atoms with van der Waals surface area (Å²) in [5.41, 5.74) is 15.3. The molecule has 0 N–H and O–H groups in total. The van der Waals surface area contributed by atoms with Crippen molar-refractivity contribution in [1.82, 2.24) is 0 Å². The Morgan fingerprint density at radius 1 is 0.273 bits per heavy atom. The predicted octanol–water partition coefficient (Wildman–Crippen LogP) is 18.5. The molecule has 66 heavy (non-hydrogen) atoms. The lowest BCUT2D eigenvalue weighted by atomic mass is 9.83. The van der Waals surface area contributed by atoms with Gasteiger partial charge >= 0.3 is 0 Å². The number of para-hydroxylation sites is 2. The van der Waals surface area contributed by atoms with Crippen molar-refractivity contribution in [3.05, 3.63) is 217 Å². The van der Waals surface area contributed by atoms with Crippen LogP contribution in [0.25, 0.3) is 142 Å². The highest BCUT2D eigenvalue weighted by Crippen LogP contribution is 2.53. The smallest absolute Gasteiger partial charge is 0.143 e. The third-order valence-corrected chi connectivity index (χ3v) is 14.1. The van der Waals surface area contributed by atoms with Crippen LogP contribution in [0, 0.1) is 13.8 Å². The Balaban J connectivity index is 1.19. The van der Waals surface area contributed by atoms with Gasteiger partial charge in [0.05, 0.1) is 0 Å². The van der Waals surface area contributed by atoms with E-state index in [9.17, 15) is 0 Å². The van der Waals surface area contributed by atoms with Gasteiger partial charge in [-0.3, -0.25) is 0 Å². The third-order valence-electron chi connectivity index (χ3n) is 14.1. The van der Waals surface area contributed by atoms with Gasteiger partial charge in [-0.05, 0) is 109 Å². The van der Waals surface area contributed by atoms with Crippen LogP contribution < -0.4 is 0 Å². The zero-order chi connectivity index (χ0) is 43.6. The highest BCUT2D eigenvalue weighted by molar-refractivity contribution is 6.37. The first-order valence-corrected chi connectivity index (χ1v) is 22.8. The summed E-state index contributed by atoms with van der Waals surface area (Å²) in [4.78, 5) is 0. The Morgan fingerprint density at radius 2 is 0.591 bits per heavy atom. The van der Waals surface area contributed by atoms with E-state index < -0.39 is 0 Å². The Labute approximate surface area is 380 Å². The number of furan rings is 2. The summed E-state index contributed by atoms with van der Waals surface area (Å²) in [6, 6.07) is 75.4. The molecule has 14 aromatic rings. The zero-order valence-electron chi connectivity index (χ0n) is 36.4. The SMILES string of the molecule is Cc1cccc(-c2c3ccccc3c(-c3cc4cc(-c5c6ccccc6c(-c6cccc(C)c6)c6ccccc56)c5oc6ccccc6c5c4c4c3oc3ccccc34)c3ccccc23)c1. The van der Waals surface area contributed by atoms with Gasteiger partial charge < -0.3 is 8.83 Å². The van der Waals surface area contributed by atoms with Crippen molar-refractivity contribution in [2.75, 3.05) is 0 Å². The largest absolute Gasteiger partial charge is 0.455 e. The van der Waals surface area contributed by atoms with Gasteiger partial charge in [0.25, 0.3) is 0 Å². The molecule has 14 rings (SSSR count). The van der Waals surface area contributed by atoms with Crippen LogP contribution in [0.4, 0.5) is 0 Å². The summed E-state index contributed by atoms with van der Waals surface area (Å²) in [7, 11) is 0. The molecule has 0 aliphatic heterocycles. The molecule has 2 heterocycles. The van der Waals surface area contributed by atoms with Crippen LogP contribution in [0.1, 0.15) is 11.1 Å². The normalized spacial score (nSPS) is 12.1. The fourth-order valence-corrected chi connectivity index (χ4v) is 11.4. The lowest BCUT2D eigenvalue weighted by molar-refractivity contribution is 0.670. The van der Waals surface area contributed by atoms with Crippen molar-refractivity contribution in [2.45, 2.75) is 13.8 Å². The van der Waals surface area contributed by atoms with Crippen molar-refractivity contribution in [3.8, 4) is 44.5 Å². The standard InChI is InChI=1S/C64H40O2/c1-37-17-15-19-39(33-37)56-42-21-3-7-25-46(42)59(47-26-8-4-22-43(47)56)52-35-41-36-53(60-48-27-9-5-23-44(48)57(40-20-16-18-38(2)34-40)45-24-6-10-28-49(45)60)64-62(51-30-12-14-32-55(51)66-64)58(41)61-50-29-11-13-31-54(50)65-63(52)61/h3-36H,1-2H3. The quantitative estimate of drug-likeness (QED) is 0.165. The maximum Gasteiger partial charge on any atom is 0.143 e. The van der Waals surface area contributed by atoms with Crippen LogP contribution >= 0.6 is 0 Å². The van der Waals surface area contributed by atoms with Crippen molar-refractivity contribution in [1.29, 1.82) is 0 Å². The molecule has 0 saturated heterocycles. The van der Waals surface area contributed by atoms with Gasteiger partial charge in [0.1, 0.15) is 22.3 Å². The maximum atomic E-state index is 7.18. The highest BCUT2D eigenvalue weighted by atomic mass is 16.3. The second kappa shape index (κ2) is 14.0. The molecule has 0 unspecified atom stereocenters. The Kier molecular flexibility index (Phi) is 7.85. The van der Waals surface area contributed by atoms with Gasteiger partial charge in [-0.25, -0.2) is 0 Å². The van der Waals surface area contributed by atoms with Crippen LogP contribution in [0.2, 0.25) is 0 Å². The van der Waals surface area contributed by atoms with Crippen LogP contribution in [-0.2, 0) is 0 Å². The monoisotopic (exact) mass is 840 g/mol. The molecule has 2 nitrogen and oxygen atoms in total. The molecule has 0 atom stereocenters. The van der Waals surface area contributed by atoms with Gasteiger partial charge in [0, 0.05) is 49.2 Å². The molecule has 2 heteroatoms. The summed E-state index contributed by atoms with van der Waals surface area (Å²) in [5, 5.41) is 16.2. The minimum absolute atomic E-state index is 0.861. The highest BCUT2D eigenvalue weighted by Gasteiger charge is 2.27. The minimum Gasteiger partial charge on any atom is -0.455 e. The Morgan fingerprint density at radius 3 is 0.939 bits per heavy atom. The first-order chi connectivity index (χ1) is 32.6. The van der Waals surface area contributed by atoms with E-state index in [0.717, 1.165) is 65.8 Å². The maximum absolute atomic E-state index is 7.18. The predicted molar refractivity (Wildman–Crippen MR) is 280 cm³/mol. The number of aryl methyl sites for hydroxylation is 2. The molecule has 12 aromatic carbocycles. The molecule has 0 aliphatic rings. The number of hydrogen-bond acceptors (Lipinski definition) is 2. The number of fused-ring (bicyclic) bond motifs is 13. The van der Waals surface area contributed by atoms with E-state index >= 15 is 0 Å². The van der Waals surface area contributed by atoms with Crippen LogP contribution in [0.3, 0.4) is 0 Å². The van der Waals surface area contributed by atoms with Crippen molar-refractivity contribution in [3.63, 3.8) is 0 Å². The molecule has 0 saturated carbocycles. The Hall–Kier alpha value is -8.46. The molecule has 0 spiro atoms. The summed E-state index contributed by atoms with van der Waals surface area (Å²) in [5.74, 6) is 0. The van der Waals surface area contributed by atoms with Crippen molar-refractivity contribution < 1.29 is 8.83 Å². The fourth-order valence-electron chi connectivity index (χ4n) is 11.4. The van der Waals surface area contributed by atoms with E-state index in [0.29, 0.717) is 0 Å². The zero-order valence-corrected chi connectivity index (χ0v) is 36.4. The average Bonchev–Trinajstić information content (AvgIpc) is 3.94. The molecular weight excluding hydrogens is 801 g/mol. The fraction of sp³-hybridized carbons (Fsp3) is 0.0312. The van der Waals surface area contributed by atoms with Gasteiger partial charge in [0.15, 0.2) is 0 Å². The van der Waals surface area contributed by atoms with Gasteiger partial charge in [-0.1, -0.05) is 193 Å². The van der Waals surface area contributed by atoms with Crippen LogP contribution in [0.5, 0.6) is 0 Å². The van der Waals surface area contributed by atoms with Gasteiger partial charge in [-0.2, -0.15) is 0 Å². The lowest BCUT2D eigenvalue weighted by Crippen LogP contribution is -1.93. The van der Waals surface area contributed by atoms with E-state index in [-0.39, 0.29) is 0 Å². The molecular formula is C64H40O2. The van der Waals surface area contributed by atoms with E-state index in [1.54, 1.807) is 0 Å². The summed E-state index contributed by atoms with van der Waals surface area (Å²) >= 11 is 0. The third kappa shape index (κ3) is 5.24. The van der Waals surface area contributed by atoms with Crippen LogP contribution in [0.15, 0.2) is 215 Å². The van der Waals surface area contributed by atoms with Gasteiger partial charge in [0.2, 0.25) is 0 Å². The molecule has 0 amide bonds. The number of benzene rings is 12.